The van der Waals surface area contributed by atoms with Gasteiger partial charge >= 0.3 is 0 Å². The molecule has 0 N–H and O–H groups in total. The fourth-order valence-electron chi connectivity index (χ4n) is 2.01. The maximum atomic E-state index is 13.6. The number of halogens is 2. The van der Waals surface area contributed by atoms with Crippen molar-refractivity contribution in [2.24, 2.45) is 0 Å². The Balaban J connectivity index is 2.24. The molecule has 0 saturated heterocycles. The van der Waals surface area contributed by atoms with Crippen LogP contribution in [0.1, 0.15) is 21.5 Å². The monoisotopic (exact) mass is 275 g/mol. The van der Waals surface area contributed by atoms with Crippen LogP contribution >= 0.6 is 0 Å². The van der Waals surface area contributed by atoms with Crippen molar-refractivity contribution in [1.29, 1.82) is 0 Å². The van der Waals surface area contributed by atoms with Gasteiger partial charge in [0, 0.05) is 13.6 Å². The van der Waals surface area contributed by atoms with Gasteiger partial charge in [-0.15, -0.1) is 0 Å². The summed E-state index contributed by atoms with van der Waals surface area (Å²) in [6, 6.07) is 11.0. The van der Waals surface area contributed by atoms with Gasteiger partial charge in [0.15, 0.2) is 0 Å². The van der Waals surface area contributed by atoms with Crippen LogP contribution in [0.5, 0.6) is 0 Å². The smallest absolute Gasteiger partial charge is 0.259 e. The van der Waals surface area contributed by atoms with Crippen molar-refractivity contribution in [3.63, 3.8) is 0 Å². The van der Waals surface area contributed by atoms with Gasteiger partial charge in [-0.2, -0.15) is 0 Å². The number of nitrogens with zero attached hydrogens (tertiary/aromatic N) is 1. The predicted octanol–water partition coefficient (Wildman–Crippen LogP) is 3.55. The molecule has 2 rings (SSSR count). The maximum absolute atomic E-state index is 13.6. The first-order valence-corrected chi connectivity index (χ1v) is 6.24. The van der Waals surface area contributed by atoms with Crippen LogP contribution in [0.15, 0.2) is 42.5 Å². The fourth-order valence-corrected chi connectivity index (χ4v) is 2.01. The molecule has 4 heteroatoms. The average molecular weight is 275 g/mol. The Morgan fingerprint density at radius 1 is 1.05 bits per heavy atom. The van der Waals surface area contributed by atoms with Gasteiger partial charge in [0.2, 0.25) is 0 Å². The minimum atomic E-state index is -0.841. The van der Waals surface area contributed by atoms with Crippen LogP contribution in [-0.2, 0) is 6.54 Å². The maximum Gasteiger partial charge on any atom is 0.259 e. The highest BCUT2D eigenvalue weighted by Crippen LogP contribution is 2.16. The van der Waals surface area contributed by atoms with Crippen LogP contribution in [0.2, 0.25) is 0 Å². The summed E-state index contributed by atoms with van der Waals surface area (Å²) in [6.45, 7) is 2.23. The molecule has 0 aliphatic carbocycles. The zero-order valence-corrected chi connectivity index (χ0v) is 11.4. The van der Waals surface area contributed by atoms with Gasteiger partial charge in [-0.05, 0) is 30.2 Å². The third-order valence-corrected chi connectivity index (χ3v) is 3.19. The Kier molecular flexibility index (Phi) is 4.13. The molecule has 0 radical (unpaired) electrons. The number of hydrogen-bond acceptors (Lipinski definition) is 1. The van der Waals surface area contributed by atoms with Crippen LogP contribution in [-0.4, -0.2) is 17.9 Å². The molecule has 0 unspecified atom stereocenters. The lowest BCUT2D eigenvalue weighted by Crippen LogP contribution is -2.28. The quantitative estimate of drug-likeness (QED) is 0.839. The number of aryl methyl sites for hydroxylation is 1. The van der Waals surface area contributed by atoms with Crippen molar-refractivity contribution >= 4 is 5.91 Å². The molecule has 1 amide bonds. The third-order valence-electron chi connectivity index (χ3n) is 3.19. The summed E-state index contributed by atoms with van der Waals surface area (Å²) in [6.07, 6.45) is 0. The summed E-state index contributed by atoms with van der Waals surface area (Å²) in [4.78, 5) is 13.5. The van der Waals surface area contributed by atoms with Crippen LogP contribution in [0, 0.1) is 18.6 Å². The summed E-state index contributed by atoms with van der Waals surface area (Å²) in [7, 11) is 1.53. The van der Waals surface area contributed by atoms with E-state index in [1.54, 1.807) is 0 Å². The summed E-state index contributed by atoms with van der Waals surface area (Å²) in [5, 5.41) is 0. The van der Waals surface area contributed by atoms with E-state index in [1.807, 2.05) is 31.2 Å². The number of rotatable bonds is 3. The van der Waals surface area contributed by atoms with Gasteiger partial charge in [0.05, 0.1) is 0 Å². The zero-order valence-electron chi connectivity index (χ0n) is 11.4. The molecule has 0 aliphatic heterocycles. The zero-order chi connectivity index (χ0) is 14.7. The lowest BCUT2D eigenvalue weighted by molar-refractivity contribution is 0.0775. The van der Waals surface area contributed by atoms with E-state index < -0.39 is 23.1 Å². The number of hydrogen-bond donors (Lipinski definition) is 0. The Labute approximate surface area is 116 Å². The van der Waals surface area contributed by atoms with E-state index in [4.69, 9.17) is 0 Å². The van der Waals surface area contributed by atoms with Gasteiger partial charge in [0.25, 0.3) is 5.91 Å². The second kappa shape index (κ2) is 5.82. The molecule has 0 spiro atoms. The van der Waals surface area contributed by atoms with E-state index in [0.717, 1.165) is 23.3 Å². The molecule has 0 heterocycles. The molecule has 2 nitrogen and oxygen atoms in total. The first-order valence-electron chi connectivity index (χ1n) is 6.24. The highest BCUT2D eigenvalue weighted by atomic mass is 19.1. The summed E-state index contributed by atoms with van der Waals surface area (Å²) in [5.41, 5.74) is 1.46. The average Bonchev–Trinajstić information content (AvgIpc) is 2.41. The van der Waals surface area contributed by atoms with Crippen molar-refractivity contribution in [2.75, 3.05) is 7.05 Å². The molecule has 0 saturated carbocycles. The Morgan fingerprint density at radius 3 is 2.25 bits per heavy atom. The molecule has 104 valence electrons. The highest BCUT2D eigenvalue weighted by Gasteiger charge is 2.20. The molecule has 0 atom stereocenters. The first-order chi connectivity index (χ1) is 9.50. The lowest BCUT2D eigenvalue weighted by atomic mass is 10.1. The van der Waals surface area contributed by atoms with Gasteiger partial charge in [-0.1, -0.05) is 30.3 Å². The predicted molar refractivity (Wildman–Crippen MR) is 73.3 cm³/mol. The van der Waals surface area contributed by atoms with E-state index in [0.29, 0.717) is 6.54 Å². The van der Waals surface area contributed by atoms with E-state index in [-0.39, 0.29) is 0 Å². The summed E-state index contributed by atoms with van der Waals surface area (Å²) in [5.74, 6) is -2.35. The normalized spacial score (nSPS) is 10.4. The van der Waals surface area contributed by atoms with E-state index in [1.165, 1.54) is 18.0 Å². The van der Waals surface area contributed by atoms with Gasteiger partial charge in [-0.25, -0.2) is 8.78 Å². The van der Waals surface area contributed by atoms with Crippen LogP contribution in [0.3, 0.4) is 0 Å². The topological polar surface area (TPSA) is 20.3 Å². The van der Waals surface area contributed by atoms with E-state index in [9.17, 15) is 13.6 Å². The minimum Gasteiger partial charge on any atom is -0.337 e. The first kappa shape index (κ1) is 14.2. The number of carbonyl (C=O) groups is 1. The van der Waals surface area contributed by atoms with Gasteiger partial charge in [-0.3, -0.25) is 4.79 Å². The summed E-state index contributed by atoms with van der Waals surface area (Å²) >= 11 is 0. The second-order valence-electron chi connectivity index (χ2n) is 4.68. The minimum absolute atomic E-state index is 0.305. The number of carbonyl (C=O) groups excluding carboxylic acids is 1. The van der Waals surface area contributed by atoms with E-state index >= 15 is 0 Å². The number of benzene rings is 2. The van der Waals surface area contributed by atoms with E-state index in [2.05, 4.69) is 0 Å². The van der Waals surface area contributed by atoms with Crippen LogP contribution in [0.25, 0.3) is 0 Å². The van der Waals surface area contributed by atoms with Crippen LogP contribution < -0.4 is 0 Å². The Bertz CT molecular complexity index is 620. The van der Waals surface area contributed by atoms with Crippen molar-refractivity contribution in [2.45, 2.75) is 13.5 Å². The largest absolute Gasteiger partial charge is 0.337 e. The third kappa shape index (κ3) is 2.85. The molecule has 0 aliphatic rings. The summed E-state index contributed by atoms with van der Waals surface area (Å²) < 4.78 is 27.2. The molecular formula is C16H15F2NO. The molecule has 20 heavy (non-hydrogen) atoms. The fraction of sp³-hybridized carbons (Fsp3) is 0.188. The highest BCUT2D eigenvalue weighted by molar-refractivity contribution is 5.94. The molecule has 0 aromatic heterocycles. The van der Waals surface area contributed by atoms with Crippen LogP contribution in [0.4, 0.5) is 8.78 Å². The Morgan fingerprint density at radius 2 is 1.65 bits per heavy atom. The van der Waals surface area contributed by atoms with Crippen molar-refractivity contribution in [3.05, 3.63) is 70.8 Å². The number of amides is 1. The van der Waals surface area contributed by atoms with Crippen molar-refractivity contribution < 1.29 is 13.6 Å². The van der Waals surface area contributed by atoms with Gasteiger partial charge in [0.1, 0.15) is 17.2 Å². The lowest BCUT2D eigenvalue weighted by Gasteiger charge is -2.19. The SMILES string of the molecule is Cc1ccccc1CN(C)C(=O)c1c(F)cccc1F. The second-order valence-corrected chi connectivity index (χ2v) is 4.68. The standard InChI is InChI=1S/C16H15F2NO/c1-11-6-3-4-7-12(11)10-19(2)16(20)15-13(17)8-5-9-14(15)18/h3-9H,10H2,1-2H3. The van der Waals surface area contributed by atoms with Crippen molar-refractivity contribution in [3.8, 4) is 0 Å². The molecule has 2 aromatic rings. The Hall–Kier alpha value is -2.23. The molecule has 2 aromatic carbocycles. The van der Waals surface area contributed by atoms with Crippen molar-refractivity contribution in [1.82, 2.24) is 4.90 Å². The van der Waals surface area contributed by atoms with Gasteiger partial charge < -0.3 is 4.90 Å². The molecular weight excluding hydrogens is 260 g/mol. The molecule has 0 fully saturated rings. The molecule has 0 bridgehead atoms.